The zero-order valence-electron chi connectivity index (χ0n) is 10.1. The van der Waals surface area contributed by atoms with E-state index in [1.165, 1.54) is 5.56 Å². The number of hydrogen-bond donors (Lipinski definition) is 1. The molecule has 0 aromatic heterocycles. The summed E-state index contributed by atoms with van der Waals surface area (Å²) in [4.78, 5) is 0. The third-order valence-electron chi connectivity index (χ3n) is 2.51. The molecule has 1 aromatic carbocycles. The van der Waals surface area contributed by atoms with E-state index < -0.39 is 0 Å². The van der Waals surface area contributed by atoms with Gasteiger partial charge in [0.2, 0.25) is 0 Å². The van der Waals surface area contributed by atoms with Gasteiger partial charge in [0, 0.05) is 6.04 Å². The van der Waals surface area contributed by atoms with E-state index in [0.717, 1.165) is 31.0 Å². The maximum Gasteiger partial charge on any atom is 0.119 e. The normalized spacial score (nSPS) is 12.4. The minimum absolute atomic E-state index is 0.144. The van der Waals surface area contributed by atoms with Crippen LogP contribution in [-0.2, 0) is 0 Å². The highest BCUT2D eigenvalue weighted by Crippen LogP contribution is 2.18. The highest BCUT2D eigenvalue weighted by Gasteiger charge is 2.02. The maximum absolute atomic E-state index is 5.94. The van der Waals surface area contributed by atoms with Gasteiger partial charge in [-0.05, 0) is 42.5 Å². The molecule has 0 aliphatic carbocycles. The smallest absolute Gasteiger partial charge is 0.119 e. The summed E-state index contributed by atoms with van der Waals surface area (Å²) in [6.07, 6.45) is 4.17. The lowest BCUT2D eigenvalue weighted by molar-refractivity contribution is 0.318. The number of nitrogens with two attached hydrogens (primary N) is 1. The third kappa shape index (κ3) is 4.45. The van der Waals surface area contributed by atoms with Crippen molar-refractivity contribution in [2.75, 3.05) is 18.6 Å². The van der Waals surface area contributed by atoms with Gasteiger partial charge in [-0.15, -0.1) is 0 Å². The van der Waals surface area contributed by atoms with E-state index in [-0.39, 0.29) is 6.04 Å². The van der Waals surface area contributed by atoms with Crippen molar-refractivity contribution in [3.05, 3.63) is 29.8 Å². The van der Waals surface area contributed by atoms with Gasteiger partial charge in [-0.3, -0.25) is 0 Å². The van der Waals surface area contributed by atoms with E-state index in [1.807, 2.05) is 23.9 Å². The van der Waals surface area contributed by atoms with Crippen LogP contribution in [0.1, 0.15) is 31.4 Å². The van der Waals surface area contributed by atoms with Gasteiger partial charge < -0.3 is 10.5 Å². The Morgan fingerprint density at radius 2 is 2.00 bits per heavy atom. The van der Waals surface area contributed by atoms with Crippen LogP contribution in [0.2, 0.25) is 0 Å². The van der Waals surface area contributed by atoms with Crippen LogP contribution in [0.25, 0.3) is 0 Å². The van der Waals surface area contributed by atoms with Crippen molar-refractivity contribution in [1.29, 1.82) is 0 Å². The zero-order chi connectivity index (χ0) is 11.8. The number of benzene rings is 1. The van der Waals surface area contributed by atoms with Gasteiger partial charge >= 0.3 is 0 Å². The second-order valence-corrected chi connectivity index (χ2v) is 4.76. The highest BCUT2D eigenvalue weighted by molar-refractivity contribution is 7.98. The molecule has 2 N–H and O–H groups in total. The largest absolute Gasteiger partial charge is 0.494 e. The van der Waals surface area contributed by atoms with Crippen LogP contribution in [-0.4, -0.2) is 18.6 Å². The molecule has 1 atom stereocenters. The zero-order valence-corrected chi connectivity index (χ0v) is 10.9. The Balaban J connectivity index is 2.39. The molecule has 0 fully saturated rings. The monoisotopic (exact) mass is 239 g/mol. The first-order chi connectivity index (χ1) is 7.77. The number of rotatable bonds is 7. The Morgan fingerprint density at radius 3 is 2.56 bits per heavy atom. The molecule has 0 aliphatic rings. The molecule has 0 spiro atoms. The summed E-state index contributed by atoms with van der Waals surface area (Å²) in [7, 11) is 0. The minimum atomic E-state index is 0.144. The molecule has 0 bridgehead atoms. The van der Waals surface area contributed by atoms with Crippen molar-refractivity contribution in [2.45, 2.75) is 25.8 Å². The fourth-order valence-corrected chi connectivity index (χ4v) is 1.85. The average Bonchev–Trinajstić information content (AvgIpc) is 2.34. The third-order valence-corrected chi connectivity index (χ3v) is 3.21. The number of ether oxygens (including phenoxy) is 1. The summed E-state index contributed by atoms with van der Waals surface area (Å²) in [6, 6.07) is 8.26. The summed E-state index contributed by atoms with van der Waals surface area (Å²) in [5.41, 5.74) is 7.12. The molecule has 0 heterocycles. The molecule has 0 amide bonds. The van der Waals surface area contributed by atoms with Crippen molar-refractivity contribution in [3.63, 3.8) is 0 Å². The molecule has 0 unspecified atom stereocenters. The van der Waals surface area contributed by atoms with Gasteiger partial charge in [0.15, 0.2) is 0 Å². The van der Waals surface area contributed by atoms with Crippen molar-refractivity contribution >= 4 is 11.8 Å². The fourth-order valence-electron chi connectivity index (χ4n) is 1.44. The lowest BCUT2D eigenvalue weighted by atomic mass is 10.1. The van der Waals surface area contributed by atoms with Gasteiger partial charge in [0.05, 0.1) is 6.61 Å². The van der Waals surface area contributed by atoms with Gasteiger partial charge in [-0.2, -0.15) is 11.8 Å². The summed E-state index contributed by atoms with van der Waals surface area (Å²) in [6.45, 7) is 2.89. The Bertz CT molecular complexity index is 286. The van der Waals surface area contributed by atoms with Crippen LogP contribution >= 0.6 is 11.8 Å². The Hall–Kier alpha value is -0.670. The summed E-state index contributed by atoms with van der Waals surface area (Å²) in [5, 5.41) is 0. The van der Waals surface area contributed by atoms with Crippen molar-refractivity contribution in [2.24, 2.45) is 5.73 Å². The molecule has 0 saturated carbocycles. The van der Waals surface area contributed by atoms with E-state index in [1.54, 1.807) is 0 Å². The second-order valence-electron chi connectivity index (χ2n) is 3.78. The first-order valence-electron chi connectivity index (χ1n) is 5.75. The molecule has 0 aliphatic heterocycles. The molecular formula is C13H21NOS. The summed E-state index contributed by atoms with van der Waals surface area (Å²) >= 11 is 1.85. The molecule has 0 radical (unpaired) electrons. The van der Waals surface area contributed by atoms with E-state index in [2.05, 4.69) is 25.3 Å². The number of thioether (sulfide) groups is 1. The van der Waals surface area contributed by atoms with Crippen LogP contribution in [0.5, 0.6) is 5.75 Å². The van der Waals surface area contributed by atoms with Gasteiger partial charge in [-0.1, -0.05) is 19.1 Å². The summed E-state index contributed by atoms with van der Waals surface area (Å²) in [5.74, 6) is 2.09. The molecule has 1 rings (SSSR count). The van der Waals surface area contributed by atoms with Crippen LogP contribution in [0.3, 0.4) is 0 Å². The van der Waals surface area contributed by atoms with Crippen LogP contribution in [0.15, 0.2) is 24.3 Å². The molecule has 2 nitrogen and oxygen atoms in total. The average molecular weight is 239 g/mol. The molecule has 16 heavy (non-hydrogen) atoms. The molecule has 1 aromatic rings. The molecule has 3 heteroatoms. The van der Waals surface area contributed by atoms with Crippen LogP contribution in [0.4, 0.5) is 0 Å². The van der Waals surface area contributed by atoms with Crippen molar-refractivity contribution in [1.82, 2.24) is 0 Å². The Morgan fingerprint density at radius 1 is 1.31 bits per heavy atom. The quantitative estimate of drug-likeness (QED) is 0.742. The van der Waals surface area contributed by atoms with E-state index in [4.69, 9.17) is 10.5 Å². The molecular weight excluding hydrogens is 218 g/mol. The van der Waals surface area contributed by atoms with Gasteiger partial charge in [0.25, 0.3) is 0 Å². The predicted molar refractivity (Wildman–Crippen MR) is 72.2 cm³/mol. The minimum Gasteiger partial charge on any atom is -0.494 e. The first kappa shape index (κ1) is 13.4. The van der Waals surface area contributed by atoms with Gasteiger partial charge in [0.1, 0.15) is 5.75 Å². The van der Waals surface area contributed by atoms with E-state index in [9.17, 15) is 0 Å². The number of hydrogen-bond acceptors (Lipinski definition) is 3. The predicted octanol–water partition coefficient (Wildman–Crippen LogP) is 3.23. The Labute approximate surface area is 103 Å². The molecule has 90 valence electrons. The van der Waals surface area contributed by atoms with E-state index >= 15 is 0 Å². The lowest BCUT2D eigenvalue weighted by Crippen LogP contribution is -2.08. The van der Waals surface area contributed by atoms with Gasteiger partial charge in [-0.25, -0.2) is 0 Å². The van der Waals surface area contributed by atoms with E-state index in [0.29, 0.717) is 0 Å². The van der Waals surface area contributed by atoms with Crippen LogP contribution in [0, 0.1) is 0 Å². The maximum atomic E-state index is 5.94. The first-order valence-corrected chi connectivity index (χ1v) is 7.14. The lowest BCUT2D eigenvalue weighted by Gasteiger charge is -2.10. The Kier molecular flexibility index (Phi) is 6.34. The van der Waals surface area contributed by atoms with Crippen molar-refractivity contribution in [3.8, 4) is 5.75 Å². The highest BCUT2D eigenvalue weighted by atomic mass is 32.2. The fraction of sp³-hybridized carbons (Fsp3) is 0.538. The SMILES string of the molecule is CC[C@@H](N)c1ccc(OCCCSC)cc1. The molecule has 0 saturated heterocycles. The topological polar surface area (TPSA) is 35.2 Å². The van der Waals surface area contributed by atoms with Crippen molar-refractivity contribution < 1.29 is 4.74 Å². The standard InChI is InChI=1S/C13H21NOS/c1-3-13(14)11-5-7-12(8-6-11)15-9-4-10-16-2/h5-8,13H,3-4,9-10,14H2,1-2H3/t13-/m1/s1. The van der Waals surface area contributed by atoms with Crippen LogP contribution < -0.4 is 10.5 Å². The summed E-state index contributed by atoms with van der Waals surface area (Å²) < 4.78 is 5.62. The second kappa shape index (κ2) is 7.58.